The lowest BCUT2D eigenvalue weighted by Crippen LogP contribution is -2.14. The molecule has 7 nitrogen and oxygen atoms in total. The lowest BCUT2D eigenvalue weighted by Gasteiger charge is -2.25. The number of hydrogen-bond acceptors (Lipinski definition) is 8. The third-order valence-electron chi connectivity index (χ3n) is 9.59. The number of aromatic nitrogens is 4. The van der Waals surface area contributed by atoms with Gasteiger partial charge in [0.1, 0.15) is 29.8 Å². The van der Waals surface area contributed by atoms with Gasteiger partial charge < -0.3 is 14.0 Å². The van der Waals surface area contributed by atoms with E-state index in [-0.39, 0.29) is 17.6 Å². The molecule has 8 rings (SSSR count). The number of alkyl halides is 1. The van der Waals surface area contributed by atoms with Crippen LogP contribution in [0, 0.1) is 25.5 Å². The van der Waals surface area contributed by atoms with Crippen LogP contribution in [-0.4, -0.2) is 32.1 Å². The van der Waals surface area contributed by atoms with Crippen LogP contribution in [0.25, 0.3) is 44.9 Å². The zero-order chi connectivity index (χ0) is 39.2. The summed E-state index contributed by atoms with van der Waals surface area (Å²) in [6.07, 6.45) is 5.90. The van der Waals surface area contributed by atoms with E-state index < -0.39 is 0 Å². The normalized spacial score (nSPS) is 13.0. The van der Waals surface area contributed by atoms with Crippen molar-refractivity contribution in [3.8, 4) is 39.7 Å². The highest BCUT2D eigenvalue weighted by molar-refractivity contribution is 7.12. The van der Waals surface area contributed by atoms with Crippen LogP contribution in [0.2, 0.25) is 0 Å². The fourth-order valence-corrected chi connectivity index (χ4v) is 8.97. The van der Waals surface area contributed by atoms with E-state index in [1.807, 2.05) is 63.2 Å². The van der Waals surface area contributed by atoms with Crippen LogP contribution in [0.3, 0.4) is 0 Å². The number of carbonyl (C=O) groups excluding carboxylic acids is 1. The molecule has 56 heavy (non-hydrogen) atoms. The van der Waals surface area contributed by atoms with Crippen molar-refractivity contribution >= 4 is 51.3 Å². The van der Waals surface area contributed by atoms with Gasteiger partial charge in [-0.1, -0.05) is 19.3 Å². The predicted octanol–water partition coefficient (Wildman–Crippen LogP) is 12.5. The second-order valence-electron chi connectivity index (χ2n) is 13.5. The minimum atomic E-state index is -0.330. The van der Waals surface area contributed by atoms with Gasteiger partial charge in [0.2, 0.25) is 0 Å². The highest BCUT2D eigenvalue weighted by Crippen LogP contribution is 2.37. The Labute approximate surface area is 338 Å². The van der Waals surface area contributed by atoms with Gasteiger partial charge in [-0.15, -0.1) is 34.3 Å². The number of carbonyl (C=O) groups is 1. The molecule has 0 aliphatic heterocycles. The maximum Gasteiger partial charge on any atom is 0.338 e. The highest BCUT2D eigenvalue weighted by Gasteiger charge is 2.23. The number of esters is 1. The molecule has 0 spiro atoms. The van der Waals surface area contributed by atoms with Crippen molar-refractivity contribution in [2.45, 2.75) is 71.4 Å². The molecule has 12 heteroatoms. The Morgan fingerprint density at radius 2 is 1.34 bits per heavy atom. The Balaban J connectivity index is 0.000000268. The van der Waals surface area contributed by atoms with E-state index in [9.17, 15) is 13.6 Å². The summed E-state index contributed by atoms with van der Waals surface area (Å²) in [4.78, 5) is 28.5. The van der Waals surface area contributed by atoms with E-state index in [1.54, 1.807) is 46.9 Å². The summed E-state index contributed by atoms with van der Waals surface area (Å²) in [5.41, 5.74) is 6.83. The van der Waals surface area contributed by atoms with E-state index in [2.05, 4.69) is 14.5 Å². The van der Waals surface area contributed by atoms with Gasteiger partial charge in [0.25, 0.3) is 0 Å². The van der Waals surface area contributed by atoms with Crippen LogP contribution >= 0.6 is 34.3 Å². The van der Waals surface area contributed by atoms with Gasteiger partial charge in [-0.2, -0.15) is 0 Å². The maximum absolute atomic E-state index is 13.4. The van der Waals surface area contributed by atoms with E-state index in [0.717, 1.165) is 83.3 Å². The molecule has 4 aromatic carbocycles. The number of rotatable bonds is 10. The number of aryl methyl sites for hydroxylation is 2. The average Bonchev–Trinajstić information content (AvgIpc) is 3.92. The zero-order valence-corrected chi connectivity index (χ0v) is 33.7. The zero-order valence-electron chi connectivity index (χ0n) is 31.4. The molecule has 3 heterocycles. The molecule has 1 aliphatic carbocycles. The third-order valence-corrected chi connectivity index (χ3v) is 11.9. The van der Waals surface area contributed by atoms with Gasteiger partial charge in [0, 0.05) is 27.6 Å². The summed E-state index contributed by atoms with van der Waals surface area (Å²) in [7, 11) is 0. The van der Waals surface area contributed by atoms with E-state index >= 15 is 0 Å². The van der Waals surface area contributed by atoms with Crippen LogP contribution in [0.15, 0.2) is 91.0 Å². The van der Waals surface area contributed by atoms with Crippen molar-refractivity contribution in [1.29, 1.82) is 0 Å². The van der Waals surface area contributed by atoms with Crippen molar-refractivity contribution in [2.24, 2.45) is 0 Å². The van der Waals surface area contributed by atoms with Crippen molar-refractivity contribution < 1.29 is 23.0 Å². The Hall–Kier alpha value is -4.97. The minimum absolute atomic E-state index is 0.238. The van der Waals surface area contributed by atoms with E-state index in [4.69, 9.17) is 26.1 Å². The fourth-order valence-electron chi connectivity index (χ4n) is 7.00. The van der Waals surface area contributed by atoms with Crippen molar-refractivity contribution in [2.75, 3.05) is 6.61 Å². The van der Waals surface area contributed by atoms with Gasteiger partial charge in [-0.3, -0.25) is 0 Å². The van der Waals surface area contributed by atoms with Crippen LogP contribution in [0.4, 0.5) is 8.78 Å². The molecular formula is C44H41ClF2N4O3S2. The molecule has 1 fully saturated rings. The quantitative estimate of drug-likeness (QED) is 0.101. The number of thiazole rings is 2. The van der Waals surface area contributed by atoms with Crippen LogP contribution in [0.1, 0.15) is 75.2 Å². The highest BCUT2D eigenvalue weighted by atomic mass is 35.5. The van der Waals surface area contributed by atoms with Crippen LogP contribution in [-0.2, 0) is 17.2 Å². The van der Waals surface area contributed by atoms with Gasteiger partial charge >= 0.3 is 5.97 Å². The first kappa shape index (κ1) is 39.3. The molecule has 3 aromatic heterocycles. The number of ether oxygens (including phenoxy) is 2. The van der Waals surface area contributed by atoms with Crippen molar-refractivity contribution in [3.63, 3.8) is 0 Å². The molecular weight excluding hydrogens is 770 g/mol. The van der Waals surface area contributed by atoms with Gasteiger partial charge in [-0.25, -0.2) is 28.5 Å². The molecule has 0 radical (unpaired) electrons. The molecule has 0 amide bonds. The third kappa shape index (κ3) is 9.01. The number of benzene rings is 4. The summed E-state index contributed by atoms with van der Waals surface area (Å²) in [6, 6.07) is 26.8. The summed E-state index contributed by atoms with van der Waals surface area (Å²) in [5.74, 6) is 1.25. The van der Waals surface area contributed by atoms with Crippen LogP contribution < -0.4 is 4.74 Å². The molecule has 1 saturated carbocycles. The summed E-state index contributed by atoms with van der Waals surface area (Å²) >= 11 is 8.98. The Morgan fingerprint density at radius 3 is 1.93 bits per heavy atom. The first-order chi connectivity index (χ1) is 27.2. The average molecular weight is 811 g/mol. The van der Waals surface area contributed by atoms with Crippen molar-refractivity contribution in [3.05, 3.63) is 128 Å². The van der Waals surface area contributed by atoms with Gasteiger partial charge in [0.05, 0.1) is 55.4 Å². The second kappa shape index (κ2) is 17.9. The number of imidazole rings is 1. The molecule has 0 atom stereocenters. The lowest BCUT2D eigenvalue weighted by molar-refractivity contribution is 0.0526. The smallest absolute Gasteiger partial charge is 0.338 e. The molecule has 0 unspecified atom stereocenters. The topological polar surface area (TPSA) is 79.1 Å². The largest absolute Gasteiger partial charge is 0.488 e. The van der Waals surface area contributed by atoms with Gasteiger partial charge in [-0.05, 0) is 125 Å². The number of fused-ring (bicyclic) bond motifs is 1. The fraction of sp³-hybridized carbons (Fsp3) is 0.273. The Kier molecular flexibility index (Phi) is 12.5. The second-order valence-corrected chi connectivity index (χ2v) is 16.3. The Bertz CT molecular complexity index is 2420. The van der Waals surface area contributed by atoms with E-state index in [0.29, 0.717) is 30.7 Å². The van der Waals surface area contributed by atoms with Crippen molar-refractivity contribution in [1.82, 2.24) is 19.5 Å². The van der Waals surface area contributed by atoms with Gasteiger partial charge in [0.15, 0.2) is 0 Å². The van der Waals surface area contributed by atoms with E-state index in [1.165, 1.54) is 43.5 Å². The molecule has 7 aromatic rings. The first-order valence-electron chi connectivity index (χ1n) is 18.6. The molecule has 0 N–H and O–H groups in total. The minimum Gasteiger partial charge on any atom is -0.488 e. The maximum atomic E-state index is 13.4. The summed E-state index contributed by atoms with van der Waals surface area (Å²) < 4.78 is 39.9. The number of halogens is 3. The molecule has 0 saturated heterocycles. The predicted molar refractivity (Wildman–Crippen MR) is 222 cm³/mol. The SMILES string of the molecule is CCOC(=O)c1ccc2c(c1)nc(-c1ccc(OCc3sc(C)nc3-c3ccc(F)cc3)cc1)n2C1CCCCC1.Cc1nc(-c2ccc(F)cc2)c(CCl)s1. The first-order valence-corrected chi connectivity index (χ1v) is 20.8. The lowest BCUT2D eigenvalue weighted by atomic mass is 9.95. The van der Waals surface area contributed by atoms with Crippen LogP contribution in [0.5, 0.6) is 5.75 Å². The summed E-state index contributed by atoms with van der Waals surface area (Å²) in [5, 5.41) is 1.91. The molecule has 288 valence electrons. The number of hydrogen-bond donors (Lipinski definition) is 0. The number of nitrogens with zero attached hydrogens (tertiary/aromatic N) is 4. The Morgan fingerprint density at radius 1 is 0.768 bits per heavy atom. The molecule has 1 aliphatic rings. The molecule has 0 bridgehead atoms. The monoisotopic (exact) mass is 810 g/mol. The standard InChI is InChI=1S/C33H32FN3O3S.C11H9ClFNS/c1-3-39-33(38)24-13-18-29-28(19-24)36-32(37(29)26-7-5-4-6-8-26)23-11-16-27(17-12-23)40-20-30-31(35-21(2)41-30)22-9-14-25(34)15-10-22;1-7-14-11(10(6-12)15-7)8-2-4-9(13)5-3-8/h9-19,26H,3-8,20H2,1-2H3;2-5H,6H2,1H3. The summed E-state index contributed by atoms with van der Waals surface area (Å²) in [6.45, 7) is 6.42.